The van der Waals surface area contributed by atoms with Crippen LogP contribution < -0.4 is 10.6 Å². The summed E-state index contributed by atoms with van der Waals surface area (Å²) in [5.74, 6) is 1.06. The summed E-state index contributed by atoms with van der Waals surface area (Å²) in [5, 5.41) is 10.2. The smallest absolute Gasteiger partial charge is 0.273 e. The summed E-state index contributed by atoms with van der Waals surface area (Å²) in [5.41, 5.74) is 1.49. The molecule has 2 aromatic rings. The maximum Gasteiger partial charge on any atom is 0.273 e. The van der Waals surface area contributed by atoms with E-state index in [1.165, 1.54) is 5.56 Å². The number of benzene rings is 1. The zero-order chi connectivity index (χ0) is 22.6. The third-order valence-electron chi connectivity index (χ3n) is 6.18. The molecule has 1 aromatic carbocycles. The Labute approximate surface area is 189 Å². The van der Waals surface area contributed by atoms with Crippen LogP contribution in [-0.2, 0) is 16.6 Å². The van der Waals surface area contributed by atoms with E-state index in [9.17, 15) is 13.2 Å². The highest BCUT2D eigenvalue weighted by Crippen LogP contribution is 2.40. The number of hydrogen-bond acceptors (Lipinski definition) is 6. The third kappa shape index (κ3) is 5.96. The van der Waals surface area contributed by atoms with Crippen LogP contribution in [0.1, 0.15) is 66.8 Å². The van der Waals surface area contributed by atoms with Crippen LogP contribution in [0.25, 0.3) is 0 Å². The van der Waals surface area contributed by atoms with Gasteiger partial charge in [-0.2, -0.15) is 4.31 Å². The summed E-state index contributed by atoms with van der Waals surface area (Å²) in [4.78, 5) is 12.5. The standard InChI is InChI=1S/C23H32N4O4S/c1-17-14-20(25-23(28)21-15-22(31-26-21)19-8-9-19)10-12-27(17)32(29,30)13-5-11-24-16-18-6-3-2-4-7-18/h2-4,6-7,15,17,19-20,24H,5,8-14,16H2,1H3,(H,25,28)/t17-,20-/m0/s1. The van der Waals surface area contributed by atoms with Gasteiger partial charge in [-0.15, -0.1) is 0 Å². The molecule has 1 saturated heterocycles. The molecule has 1 amide bonds. The number of piperidine rings is 1. The number of nitrogens with zero attached hydrogens (tertiary/aromatic N) is 2. The summed E-state index contributed by atoms with van der Waals surface area (Å²) >= 11 is 0. The zero-order valence-corrected chi connectivity index (χ0v) is 19.3. The van der Waals surface area contributed by atoms with Crippen molar-refractivity contribution in [3.05, 3.63) is 53.4 Å². The Morgan fingerprint density at radius 3 is 2.72 bits per heavy atom. The van der Waals surface area contributed by atoms with Crippen molar-refractivity contribution >= 4 is 15.9 Å². The van der Waals surface area contributed by atoms with E-state index in [-0.39, 0.29) is 23.7 Å². The third-order valence-corrected chi connectivity index (χ3v) is 8.24. The predicted molar refractivity (Wildman–Crippen MR) is 122 cm³/mol. The Morgan fingerprint density at radius 2 is 2.00 bits per heavy atom. The van der Waals surface area contributed by atoms with Gasteiger partial charge in [0.15, 0.2) is 5.69 Å². The van der Waals surface area contributed by atoms with E-state index in [2.05, 4.69) is 15.8 Å². The van der Waals surface area contributed by atoms with Crippen molar-refractivity contribution in [1.29, 1.82) is 0 Å². The number of hydrogen-bond donors (Lipinski definition) is 2. The monoisotopic (exact) mass is 460 g/mol. The summed E-state index contributed by atoms with van der Waals surface area (Å²) in [6.45, 7) is 3.70. The topological polar surface area (TPSA) is 105 Å². The summed E-state index contributed by atoms with van der Waals surface area (Å²) in [6, 6.07) is 11.5. The molecule has 0 radical (unpaired) electrons. The Bertz CT molecular complexity index is 1000. The first-order valence-electron chi connectivity index (χ1n) is 11.4. The molecule has 0 unspecified atom stereocenters. The lowest BCUT2D eigenvalue weighted by molar-refractivity contribution is 0.0905. The minimum atomic E-state index is -3.33. The molecule has 1 aliphatic heterocycles. The number of amides is 1. The lowest BCUT2D eigenvalue weighted by Crippen LogP contribution is -2.51. The van der Waals surface area contributed by atoms with Gasteiger partial charge >= 0.3 is 0 Å². The number of carbonyl (C=O) groups excluding carboxylic acids is 1. The highest BCUT2D eigenvalue weighted by molar-refractivity contribution is 7.89. The van der Waals surface area contributed by atoms with Crippen LogP contribution in [0.3, 0.4) is 0 Å². The largest absolute Gasteiger partial charge is 0.360 e. The molecule has 2 atom stereocenters. The molecular weight excluding hydrogens is 428 g/mol. The second kappa shape index (κ2) is 10.1. The van der Waals surface area contributed by atoms with Crippen molar-refractivity contribution in [3.8, 4) is 0 Å². The highest BCUT2D eigenvalue weighted by atomic mass is 32.2. The quantitative estimate of drug-likeness (QED) is 0.528. The lowest BCUT2D eigenvalue weighted by atomic mass is 10.0. The van der Waals surface area contributed by atoms with Crippen LogP contribution in [0.5, 0.6) is 0 Å². The molecule has 8 nitrogen and oxygen atoms in total. The molecule has 1 aromatic heterocycles. The fraction of sp³-hybridized carbons (Fsp3) is 0.565. The lowest BCUT2D eigenvalue weighted by Gasteiger charge is -2.36. The summed E-state index contributed by atoms with van der Waals surface area (Å²) in [6.07, 6.45) is 3.92. The molecule has 174 valence electrons. The van der Waals surface area contributed by atoms with Crippen molar-refractivity contribution < 1.29 is 17.7 Å². The summed E-state index contributed by atoms with van der Waals surface area (Å²) < 4.78 is 32.5. The number of carbonyl (C=O) groups is 1. The molecule has 1 aliphatic carbocycles. The predicted octanol–water partition coefficient (Wildman–Crippen LogP) is 2.64. The Kier molecular flexibility index (Phi) is 7.27. The zero-order valence-electron chi connectivity index (χ0n) is 18.5. The van der Waals surface area contributed by atoms with Gasteiger partial charge in [-0.05, 0) is 51.1 Å². The first-order chi connectivity index (χ1) is 15.4. The average Bonchev–Trinajstić information content (AvgIpc) is 3.50. The molecule has 0 bridgehead atoms. The molecular formula is C23H32N4O4S. The van der Waals surface area contributed by atoms with Gasteiger partial charge in [0.25, 0.3) is 5.91 Å². The van der Waals surface area contributed by atoms with Crippen LogP contribution in [0.2, 0.25) is 0 Å². The van der Waals surface area contributed by atoms with Crippen LogP contribution in [0, 0.1) is 0 Å². The van der Waals surface area contributed by atoms with Gasteiger partial charge < -0.3 is 15.2 Å². The van der Waals surface area contributed by atoms with Gasteiger partial charge in [-0.1, -0.05) is 35.5 Å². The minimum absolute atomic E-state index is 0.0717. The Morgan fingerprint density at radius 1 is 1.22 bits per heavy atom. The number of sulfonamides is 1. The number of aromatic nitrogens is 1. The number of nitrogens with one attached hydrogen (secondary N) is 2. The van der Waals surface area contributed by atoms with E-state index in [1.54, 1.807) is 10.4 Å². The molecule has 32 heavy (non-hydrogen) atoms. The average molecular weight is 461 g/mol. The molecule has 2 fully saturated rings. The van der Waals surface area contributed by atoms with Gasteiger partial charge in [0, 0.05) is 37.2 Å². The fourth-order valence-electron chi connectivity index (χ4n) is 4.24. The van der Waals surface area contributed by atoms with Crippen molar-refractivity contribution in [2.24, 2.45) is 0 Å². The Hall–Kier alpha value is -2.23. The van der Waals surface area contributed by atoms with Crippen molar-refractivity contribution in [3.63, 3.8) is 0 Å². The van der Waals surface area contributed by atoms with E-state index in [0.717, 1.165) is 25.1 Å². The molecule has 9 heteroatoms. The first-order valence-corrected chi connectivity index (χ1v) is 13.0. The van der Waals surface area contributed by atoms with Gasteiger partial charge in [0.05, 0.1) is 5.75 Å². The molecule has 0 spiro atoms. The van der Waals surface area contributed by atoms with Gasteiger partial charge in [0.1, 0.15) is 5.76 Å². The van der Waals surface area contributed by atoms with E-state index < -0.39 is 10.0 Å². The van der Waals surface area contributed by atoms with E-state index >= 15 is 0 Å². The second-order valence-electron chi connectivity index (χ2n) is 8.88. The van der Waals surface area contributed by atoms with Crippen molar-refractivity contribution in [1.82, 2.24) is 20.1 Å². The van der Waals surface area contributed by atoms with Gasteiger partial charge in [-0.3, -0.25) is 4.79 Å². The van der Waals surface area contributed by atoms with Crippen molar-refractivity contribution in [2.45, 2.75) is 63.6 Å². The molecule has 2 aliphatic rings. The van der Waals surface area contributed by atoms with E-state index in [1.807, 2.05) is 37.3 Å². The molecule has 1 saturated carbocycles. The van der Waals surface area contributed by atoms with Crippen LogP contribution >= 0.6 is 0 Å². The van der Waals surface area contributed by atoms with Crippen LogP contribution in [0.4, 0.5) is 0 Å². The van der Waals surface area contributed by atoms with E-state index in [4.69, 9.17) is 4.52 Å². The minimum Gasteiger partial charge on any atom is -0.360 e. The van der Waals surface area contributed by atoms with Crippen LogP contribution in [0.15, 0.2) is 40.9 Å². The summed E-state index contributed by atoms with van der Waals surface area (Å²) in [7, 11) is -3.33. The molecule has 2 N–H and O–H groups in total. The maximum absolute atomic E-state index is 12.8. The SMILES string of the molecule is C[C@H]1C[C@@H](NC(=O)c2cc(C3CC3)on2)CCN1S(=O)(=O)CCCNCc1ccccc1. The van der Waals surface area contributed by atoms with Crippen molar-refractivity contribution in [2.75, 3.05) is 18.8 Å². The number of rotatable bonds is 10. The fourth-order valence-corrected chi connectivity index (χ4v) is 6.00. The van der Waals surface area contributed by atoms with E-state index in [0.29, 0.717) is 44.0 Å². The Balaban J connectivity index is 1.20. The molecule has 2 heterocycles. The molecule has 4 rings (SSSR count). The second-order valence-corrected chi connectivity index (χ2v) is 10.9. The van der Waals surface area contributed by atoms with Gasteiger partial charge in [-0.25, -0.2) is 8.42 Å². The van der Waals surface area contributed by atoms with Crippen LogP contribution in [-0.4, -0.2) is 54.7 Å². The first kappa shape index (κ1) is 22.9. The highest BCUT2D eigenvalue weighted by Gasteiger charge is 2.34. The van der Waals surface area contributed by atoms with Gasteiger partial charge in [0.2, 0.25) is 10.0 Å². The normalized spacial score (nSPS) is 22.0. The maximum atomic E-state index is 12.8.